The first-order chi connectivity index (χ1) is 18.4. The highest BCUT2D eigenvalue weighted by molar-refractivity contribution is 5.66. The van der Waals surface area contributed by atoms with Gasteiger partial charge in [-0.2, -0.15) is 0 Å². The average molecular weight is 535 g/mol. The van der Waals surface area contributed by atoms with Gasteiger partial charge in [0.2, 0.25) is 0 Å². The van der Waals surface area contributed by atoms with Gasteiger partial charge in [0.1, 0.15) is 11.7 Å². The smallest absolute Gasteiger partial charge is 0.303 e. The van der Waals surface area contributed by atoms with Gasteiger partial charge < -0.3 is 14.9 Å². The maximum atomic E-state index is 12.4. The van der Waals surface area contributed by atoms with Gasteiger partial charge in [0.15, 0.2) is 0 Å². The third-order valence-electron chi connectivity index (χ3n) is 11.8. The highest BCUT2D eigenvalue weighted by Crippen LogP contribution is 2.69. The minimum absolute atomic E-state index is 0.0936. The van der Waals surface area contributed by atoms with Crippen LogP contribution in [0.25, 0.3) is 0 Å². The van der Waals surface area contributed by atoms with E-state index in [1.807, 2.05) is 30.3 Å². The number of carboxylic acids is 1. The van der Waals surface area contributed by atoms with Crippen LogP contribution in [0.4, 0.5) is 0 Å². The van der Waals surface area contributed by atoms with E-state index < -0.39 is 11.6 Å². The molecule has 0 spiro atoms. The minimum Gasteiger partial charge on any atom is -0.481 e. The number of carbonyl (C=O) groups is 2. The summed E-state index contributed by atoms with van der Waals surface area (Å²) in [6.07, 6.45) is 8.38. The number of fused-ring (bicyclic) bond motifs is 5. The van der Waals surface area contributed by atoms with Crippen molar-refractivity contribution in [3.05, 3.63) is 35.9 Å². The SMILES string of the molecule is CC(=O)O[C@H]1C[C@@H]2C[C@](O)(C#Cc3ccccc3)CC[C@]2(C)[C@H]2CC[C@]3(C)[C@@H]([C@H](C)CCC(=O)O)CC[C@H]3[C@H]12. The Morgan fingerprint density at radius 1 is 1.05 bits per heavy atom. The van der Waals surface area contributed by atoms with E-state index in [1.165, 1.54) is 6.92 Å². The number of hydrogen-bond donors (Lipinski definition) is 2. The van der Waals surface area contributed by atoms with E-state index in [0.717, 1.165) is 50.5 Å². The van der Waals surface area contributed by atoms with E-state index in [2.05, 4.69) is 32.6 Å². The van der Waals surface area contributed by atoms with Gasteiger partial charge in [-0.3, -0.25) is 9.59 Å². The monoisotopic (exact) mass is 534 g/mol. The predicted molar refractivity (Wildman–Crippen MR) is 150 cm³/mol. The highest BCUT2D eigenvalue weighted by Gasteiger charge is 2.64. The summed E-state index contributed by atoms with van der Waals surface area (Å²) in [6, 6.07) is 9.85. The van der Waals surface area contributed by atoms with Gasteiger partial charge in [-0.05, 0) is 110 Å². The first-order valence-corrected chi connectivity index (χ1v) is 15.1. The molecule has 1 aromatic carbocycles. The molecule has 5 heteroatoms. The van der Waals surface area contributed by atoms with Crippen LogP contribution in [0.1, 0.15) is 97.5 Å². The van der Waals surface area contributed by atoms with E-state index in [9.17, 15) is 19.8 Å². The molecule has 0 aromatic heterocycles. The van der Waals surface area contributed by atoms with Crippen molar-refractivity contribution in [2.75, 3.05) is 0 Å². The van der Waals surface area contributed by atoms with Crippen LogP contribution in [0.15, 0.2) is 30.3 Å². The lowest BCUT2D eigenvalue weighted by Crippen LogP contribution is -2.60. The fourth-order valence-electron chi connectivity index (χ4n) is 9.87. The number of rotatable bonds is 5. The van der Waals surface area contributed by atoms with Gasteiger partial charge in [-0.1, -0.05) is 50.8 Å². The zero-order valence-corrected chi connectivity index (χ0v) is 24.1. The van der Waals surface area contributed by atoms with Gasteiger partial charge in [-0.15, -0.1) is 0 Å². The van der Waals surface area contributed by atoms with Gasteiger partial charge in [0, 0.05) is 24.8 Å². The Labute approximate surface area is 234 Å². The number of esters is 1. The zero-order valence-electron chi connectivity index (χ0n) is 24.1. The second-order valence-electron chi connectivity index (χ2n) is 13.9. The molecule has 5 rings (SSSR count). The first-order valence-electron chi connectivity index (χ1n) is 15.1. The molecule has 4 saturated carbocycles. The average Bonchev–Trinajstić information content (AvgIpc) is 3.25. The predicted octanol–water partition coefficient (Wildman–Crippen LogP) is 6.47. The molecular formula is C34H46O5. The fourth-order valence-corrected chi connectivity index (χ4v) is 9.87. The molecular weight excluding hydrogens is 488 g/mol. The summed E-state index contributed by atoms with van der Waals surface area (Å²) >= 11 is 0. The summed E-state index contributed by atoms with van der Waals surface area (Å²) in [6.45, 7) is 8.65. The van der Waals surface area contributed by atoms with Crippen molar-refractivity contribution >= 4 is 11.9 Å². The normalized spacial score (nSPS) is 41.7. The molecule has 4 aliphatic rings. The molecule has 5 nitrogen and oxygen atoms in total. The topological polar surface area (TPSA) is 83.8 Å². The molecule has 2 N–H and O–H groups in total. The van der Waals surface area contributed by atoms with Crippen LogP contribution in [0, 0.1) is 58.2 Å². The zero-order chi connectivity index (χ0) is 28.0. The van der Waals surface area contributed by atoms with Gasteiger partial charge in [0.25, 0.3) is 0 Å². The highest BCUT2D eigenvalue weighted by atomic mass is 16.5. The Morgan fingerprint density at radius 2 is 1.77 bits per heavy atom. The van der Waals surface area contributed by atoms with Crippen LogP contribution in [-0.2, 0) is 14.3 Å². The fraction of sp³-hybridized carbons (Fsp3) is 0.706. The van der Waals surface area contributed by atoms with Gasteiger partial charge >= 0.3 is 11.9 Å². The van der Waals surface area contributed by atoms with Crippen molar-refractivity contribution in [2.24, 2.45) is 46.3 Å². The summed E-state index contributed by atoms with van der Waals surface area (Å²) in [7, 11) is 0. The van der Waals surface area contributed by atoms with Crippen molar-refractivity contribution in [1.82, 2.24) is 0 Å². The molecule has 4 aliphatic carbocycles. The minimum atomic E-state index is -1.02. The number of hydrogen-bond acceptors (Lipinski definition) is 4. The molecule has 39 heavy (non-hydrogen) atoms. The molecule has 0 amide bonds. The first kappa shape index (κ1) is 28.2. The number of ether oxygens (including phenoxy) is 1. The van der Waals surface area contributed by atoms with Crippen LogP contribution < -0.4 is 0 Å². The van der Waals surface area contributed by atoms with Gasteiger partial charge in [-0.25, -0.2) is 0 Å². The van der Waals surface area contributed by atoms with Crippen LogP contribution >= 0.6 is 0 Å². The number of carboxylic acid groups (broad SMARTS) is 1. The van der Waals surface area contributed by atoms with E-state index in [-0.39, 0.29) is 35.2 Å². The molecule has 212 valence electrons. The summed E-state index contributed by atoms with van der Waals surface area (Å²) in [5.74, 6) is 7.91. The lowest BCUT2D eigenvalue weighted by atomic mass is 9.43. The molecule has 1 aromatic rings. The van der Waals surface area contributed by atoms with Crippen molar-refractivity contribution in [3.8, 4) is 11.8 Å². The third-order valence-corrected chi connectivity index (χ3v) is 11.8. The second-order valence-corrected chi connectivity index (χ2v) is 13.9. The van der Waals surface area contributed by atoms with E-state index in [0.29, 0.717) is 42.4 Å². The largest absolute Gasteiger partial charge is 0.481 e. The standard InChI is InChI=1S/C34H46O5/c1-22(10-13-30(36)37)26-11-12-27-31-28(15-16-33(26,27)4)32(3)18-19-34(38,17-14-24-8-6-5-7-9-24)21-25(32)20-29(31)39-23(2)35/h5-9,22,25-29,31,38H,10-13,15-16,18-21H2,1-4H3,(H,36,37)/t22-,25-,26-,27+,28+,29+,31+,32+,33-,34+/m1/s1. The molecule has 10 atom stereocenters. The maximum absolute atomic E-state index is 12.4. The number of aliphatic hydroxyl groups is 1. The van der Waals surface area contributed by atoms with E-state index >= 15 is 0 Å². The van der Waals surface area contributed by atoms with Crippen molar-refractivity contribution in [1.29, 1.82) is 0 Å². The van der Waals surface area contributed by atoms with E-state index in [4.69, 9.17) is 4.74 Å². The lowest BCUT2D eigenvalue weighted by molar-refractivity contribution is -0.198. The Bertz CT molecular complexity index is 1140. The molecule has 4 fully saturated rings. The Balaban J connectivity index is 1.40. The van der Waals surface area contributed by atoms with E-state index in [1.54, 1.807) is 0 Å². The Morgan fingerprint density at radius 3 is 2.46 bits per heavy atom. The quantitative estimate of drug-likeness (QED) is 0.334. The van der Waals surface area contributed by atoms with Gasteiger partial charge in [0.05, 0.1) is 0 Å². The summed E-state index contributed by atoms with van der Waals surface area (Å²) < 4.78 is 6.15. The van der Waals surface area contributed by atoms with Crippen molar-refractivity contribution < 1.29 is 24.5 Å². The van der Waals surface area contributed by atoms with Crippen LogP contribution in [0.2, 0.25) is 0 Å². The summed E-state index contributed by atoms with van der Waals surface area (Å²) in [5, 5.41) is 20.9. The number of benzene rings is 1. The van der Waals surface area contributed by atoms with Crippen LogP contribution in [0.5, 0.6) is 0 Å². The van der Waals surface area contributed by atoms with Crippen molar-refractivity contribution in [2.45, 2.75) is 104 Å². The van der Waals surface area contributed by atoms with Crippen molar-refractivity contribution in [3.63, 3.8) is 0 Å². The second kappa shape index (κ2) is 10.6. The molecule has 0 bridgehead atoms. The van der Waals surface area contributed by atoms with Crippen LogP contribution in [-0.4, -0.2) is 33.9 Å². The molecule has 0 aliphatic heterocycles. The summed E-state index contributed by atoms with van der Waals surface area (Å²) in [5.41, 5.74) is 0.142. The molecule has 0 saturated heterocycles. The number of carbonyl (C=O) groups excluding carboxylic acids is 1. The molecule has 0 heterocycles. The molecule has 0 radical (unpaired) electrons. The Hall–Kier alpha value is -2.32. The number of aliphatic carboxylic acids is 1. The summed E-state index contributed by atoms with van der Waals surface area (Å²) in [4.78, 5) is 23.6. The molecule has 0 unspecified atom stereocenters. The lowest BCUT2D eigenvalue weighted by Gasteiger charge is -2.63. The third kappa shape index (κ3) is 5.26. The van der Waals surface area contributed by atoms with Crippen LogP contribution in [0.3, 0.4) is 0 Å². The Kier molecular flexibility index (Phi) is 7.66. The maximum Gasteiger partial charge on any atom is 0.303 e.